The average molecular weight is 449 g/mol. The first-order valence-corrected chi connectivity index (χ1v) is 12.2. The summed E-state index contributed by atoms with van der Waals surface area (Å²) in [6, 6.07) is 34.3. The molecule has 2 N–H and O–H groups in total. The van der Waals surface area contributed by atoms with Crippen LogP contribution in [0.1, 0.15) is 0 Å². The number of H-pyrrole nitrogens is 2. The lowest BCUT2D eigenvalue weighted by molar-refractivity contribution is 0.596. The van der Waals surface area contributed by atoms with Crippen molar-refractivity contribution in [3.05, 3.63) is 109 Å². The Morgan fingerprint density at radius 3 is 1.27 bits per heavy atom. The Hall–Kier alpha value is -4.09. The summed E-state index contributed by atoms with van der Waals surface area (Å²) in [5.74, 6) is 0. The van der Waals surface area contributed by atoms with Gasteiger partial charge in [-0.05, 0) is 59.7 Å². The summed E-state index contributed by atoms with van der Waals surface area (Å²) in [6.07, 6.45) is 0. The van der Waals surface area contributed by atoms with Gasteiger partial charge in [-0.2, -0.15) is 0 Å². The summed E-state index contributed by atoms with van der Waals surface area (Å²) in [7, 11) is -3.61. The minimum Gasteiger partial charge on any atom is -0.355 e. The molecule has 4 nitrogen and oxygen atoms in total. The van der Waals surface area contributed by atoms with Gasteiger partial charge in [0, 0.05) is 33.2 Å². The fraction of sp³-hybridized carbons (Fsp3) is 0. The van der Waals surface area contributed by atoms with Crippen molar-refractivity contribution in [1.82, 2.24) is 9.97 Å². The van der Waals surface area contributed by atoms with Crippen molar-refractivity contribution in [2.75, 3.05) is 0 Å². The fourth-order valence-electron chi connectivity index (χ4n) is 4.22. The molecule has 2 heterocycles. The highest BCUT2D eigenvalue weighted by molar-refractivity contribution is 7.91. The molecule has 0 saturated carbocycles. The van der Waals surface area contributed by atoms with E-state index in [9.17, 15) is 8.42 Å². The van der Waals surface area contributed by atoms with Crippen molar-refractivity contribution in [3.63, 3.8) is 0 Å². The Balaban J connectivity index is 1.29. The normalized spacial score (nSPS) is 11.9. The van der Waals surface area contributed by atoms with Gasteiger partial charge in [0.25, 0.3) is 0 Å². The third-order valence-corrected chi connectivity index (χ3v) is 7.80. The second-order valence-electron chi connectivity index (χ2n) is 8.09. The van der Waals surface area contributed by atoms with E-state index in [4.69, 9.17) is 0 Å². The standard InChI is InChI=1S/C28H20N2O2S/c31-33(32,23-13-9-19(10-14-23)27-17-21-5-1-3-7-25(21)29-27)24-15-11-20(12-16-24)28-18-22-6-2-4-8-26(22)30-28/h1-18,29-30H. The monoisotopic (exact) mass is 448 g/mol. The summed E-state index contributed by atoms with van der Waals surface area (Å²) in [6.45, 7) is 0. The number of sulfone groups is 1. The number of benzene rings is 4. The predicted molar refractivity (Wildman–Crippen MR) is 133 cm³/mol. The van der Waals surface area contributed by atoms with Gasteiger partial charge >= 0.3 is 0 Å². The lowest BCUT2D eigenvalue weighted by Crippen LogP contribution is -2.01. The average Bonchev–Trinajstić information content (AvgIpc) is 3.49. The third-order valence-electron chi connectivity index (χ3n) is 6.01. The molecule has 0 aliphatic carbocycles. The molecule has 4 aromatic carbocycles. The second kappa shape index (κ2) is 7.50. The largest absolute Gasteiger partial charge is 0.355 e. The van der Waals surface area contributed by atoms with Crippen molar-refractivity contribution in [2.45, 2.75) is 9.79 Å². The predicted octanol–water partition coefficient (Wildman–Crippen LogP) is 6.82. The molecule has 0 aliphatic rings. The van der Waals surface area contributed by atoms with Crippen molar-refractivity contribution in [2.24, 2.45) is 0 Å². The van der Waals surface area contributed by atoms with Gasteiger partial charge in [-0.25, -0.2) is 8.42 Å². The molecule has 0 atom stereocenters. The minimum atomic E-state index is -3.61. The van der Waals surface area contributed by atoms with Gasteiger partial charge in [0.1, 0.15) is 0 Å². The van der Waals surface area contributed by atoms with E-state index in [1.807, 2.05) is 72.8 Å². The van der Waals surface area contributed by atoms with Crippen LogP contribution >= 0.6 is 0 Å². The number of aromatic amines is 2. The zero-order valence-electron chi connectivity index (χ0n) is 17.6. The summed E-state index contributed by atoms with van der Waals surface area (Å²) < 4.78 is 26.4. The van der Waals surface area contributed by atoms with E-state index in [1.165, 1.54) is 0 Å². The molecule has 0 amide bonds. The quantitative estimate of drug-likeness (QED) is 0.311. The first-order valence-electron chi connectivity index (χ1n) is 10.7. The number of rotatable bonds is 4. The van der Waals surface area contributed by atoms with Gasteiger partial charge < -0.3 is 9.97 Å². The smallest absolute Gasteiger partial charge is 0.206 e. The van der Waals surface area contributed by atoms with E-state index >= 15 is 0 Å². The van der Waals surface area contributed by atoms with E-state index in [2.05, 4.69) is 22.1 Å². The van der Waals surface area contributed by atoms with Crippen LogP contribution in [0, 0.1) is 0 Å². The Morgan fingerprint density at radius 2 is 0.879 bits per heavy atom. The van der Waals surface area contributed by atoms with Gasteiger partial charge in [-0.3, -0.25) is 0 Å². The first kappa shape index (κ1) is 19.6. The van der Waals surface area contributed by atoms with E-state index in [-0.39, 0.29) is 9.79 Å². The molecule has 33 heavy (non-hydrogen) atoms. The first-order chi connectivity index (χ1) is 16.1. The van der Waals surface area contributed by atoms with Crippen molar-refractivity contribution in [1.29, 1.82) is 0 Å². The van der Waals surface area contributed by atoms with Crippen LogP contribution in [0.3, 0.4) is 0 Å². The minimum absolute atomic E-state index is 0.278. The number of aromatic nitrogens is 2. The lowest BCUT2D eigenvalue weighted by Gasteiger charge is -2.07. The van der Waals surface area contributed by atoms with Gasteiger partial charge in [-0.15, -0.1) is 0 Å². The Kier molecular flexibility index (Phi) is 4.45. The Labute approximate surface area is 191 Å². The topological polar surface area (TPSA) is 65.7 Å². The van der Waals surface area contributed by atoms with Crippen LogP contribution in [-0.2, 0) is 9.84 Å². The van der Waals surface area contributed by atoms with Crippen LogP contribution < -0.4 is 0 Å². The zero-order chi connectivity index (χ0) is 22.4. The molecule has 0 radical (unpaired) electrons. The van der Waals surface area contributed by atoms with E-state index < -0.39 is 9.84 Å². The molecular formula is C28H20N2O2S. The second-order valence-corrected chi connectivity index (χ2v) is 10.0. The maximum atomic E-state index is 13.2. The number of hydrogen-bond donors (Lipinski definition) is 2. The highest BCUT2D eigenvalue weighted by atomic mass is 32.2. The fourth-order valence-corrected chi connectivity index (χ4v) is 5.48. The molecular weight excluding hydrogens is 428 g/mol. The van der Waals surface area contributed by atoms with Gasteiger partial charge in [0.15, 0.2) is 0 Å². The van der Waals surface area contributed by atoms with Crippen molar-refractivity contribution in [3.8, 4) is 22.5 Å². The summed E-state index contributed by atoms with van der Waals surface area (Å²) in [5, 5.41) is 2.25. The number of fused-ring (bicyclic) bond motifs is 2. The van der Waals surface area contributed by atoms with E-state index in [0.717, 1.165) is 44.3 Å². The molecule has 0 fully saturated rings. The maximum absolute atomic E-state index is 13.2. The lowest BCUT2D eigenvalue weighted by atomic mass is 10.1. The van der Waals surface area contributed by atoms with Gasteiger partial charge in [-0.1, -0.05) is 60.7 Å². The molecule has 160 valence electrons. The van der Waals surface area contributed by atoms with Crippen LogP contribution in [0.25, 0.3) is 44.3 Å². The summed E-state index contributed by atoms with van der Waals surface area (Å²) in [4.78, 5) is 7.32. The van der Waals surface area contributed by atoms with Crippen LogP contribution in [0.15, 0.2) is 119 Å². The molecule has 6 aromatic rings. The number of nitrogens with one attached hydrogen (secondary N) is 2. The van der Waals surface area contributed by atoms with E-state index in [0.29, 0.717) is 0 Å². The highest BCUT2D eigenvalue weighted by Gasteiger charge is 2.18. The SMILES string of the molecule is O=S(=O)(c1ccc(-c2cc3ccccc3[nH]2)cc1)c1ccc(-c2cc3ccccc3[nH]2)cc1. The van der Waals surface area contributed by atoms with Crippen LogP contribution in [0.4, 0.5) is 0 Å². The summed E-state index contributed by atoms with van der Waals surface area (Å²) >= 11 is 0. The maximum Gasteiger partial charge on any atom is 0.206 e. The number of hydrogen-bond acceptors (Lipinski definition) is 2. The molecule has 5 heteroatoms. The highest BCUT2D eigenvalue weighted by Crippen LogP contribution is 2.29. The number of para-hydroxylation sites is 2. The Morgan fingerprint density at radius 1 is 0.485 bits per heavy atom. The van der Waals surface area contributed by atoms with Crippen molar-refractivity contribution >= 4 is 31.6 Å². The summed E-state index contributed by atoms with van der Waals surface area (Å²) in [5.41, 5.74) is 5.92. The van der Waals surface area contributed by atoms with Crippen LogP contribution in [0.2, 0.25) is 0 Å². The molecule has 0 unspecified atom stereocenters. The molecule has 0 bridgehead atoms. The van der Waals surface area contributed by atoms with Crippen molar-refractivity contribution < 1.29 is 8.42 Å². The molecule has 0 aliphatic heterocycles. The van der Waals surface area contributed by atoms with E-state index in [1.54, 1.807) is 24.3 Å². The van der Waals surface area contributed by atoms with Gasteiger partial charge in [0.2, 0.25) is 9.84 Å². The van der Waals surface area contributed by atoms with Crippen LogP contribution in [0.5, 0.6) is 0 Å². The van der Waals surface area contributed by atoms with Crippen LogP contribution in [-0.4, -0.2) is 18.4 Å². The third kappa shape index (κ3) is 3.43. The molecule has 6 rings (SSSR count). The van der Waals surface area contributed by atoms with Gasteiger partial charge in [0.05, 0.1) is 9.79 Å². The Bertz CT molecular complexity index is 1520. The molecule has 2 aromatic heterocycles. The molecule has 0 spiro atoms. The molecule has 0 saturated heterocycles. The zero-order valence-corrected chi connectivity index (χ0v) is 18.4.